The van der Waals surface area contributed by atoms with Crippen molar-refractivity contribution in [3.63, 3.8) is 0 Å². The van der Waals surface area contributed by atoms with Crippen LogP contribution in [0.4, 0.5) is 10.1 Å². The standard InChI is InChI=1S/C11H10FNO4/c1-13-9-6(3-2-4-7(9)12)11(17,10(13)16)5-8(14)15/h2-4,17H,5H2,1H3,(H,14,15). The molecule has 0 saturated heterocycles. The molecule has 1 aromatic rings. The molecule has 0 spiro atoms. The molecule has 1 atom stereocenters. The highest BCUT2D eigenvalue weighted by Gasteiger charge is 2.50. The van der Waals surface area contributed by atoms with Gasteiger partial charge in [-0.15, -0.1) is 0 Å². The third-order valence-corrected chi connectivity index (χ3v) is 2.83. The van der Waals surface area contributed by atoms with E-state index >= 15 is 0 Å². The van der Waals surface area contributed by atoms with Crippen molar-refractivity contribution in [1.29, 1.82) is 0 Å². The van der Waals surface area contributed by atoms with Crippen molar-refractivity contribution in [2.24, 2.45) is 0 Å². The third-order valence-electron chi connectivity index (χ3n) is 2.83. The highest BCUT2D eigenvalue weighted by molar-refractivity contribution is 6.08. The topological polar surface area (TPSA) is 77.8 Å². The summed E-state index contributed by atoms with van der Waals surface area (Å²) in [5.41, 5.74) is -2.26. The Morgan fingerprint density at radius 3 is 2.76 bits per heavy atom. The van der Waals surface area contributed by atoms with Crippen molar-refractivity contribution in [1.82, 2.24) is 0 Å². The van der Waals surface area contributed by atoms with Gasteiger partial charge in [0, 0.05) is 12.6 Å². The molecule has 1 amide bonds. The molecule has 1 aliphatic heterocycles. The molecule has 17 heavy (non-hydrogen) atoms. The number of amides is 1. The quantitative estimate of drug-likeness (QED) is 0.786. The third kappa shape index (κ3) is 1.49. The van der Waals surface area contributed by atoms with Gasteiger partial charge in [0.25, 0.3) is 5.91 Å². The Hall–Kier alpha value is -1.95. The van der Waals surface area contributed by atoms with Crippen molar-refractivity contribution in [2.75, 3.05) is 11.9 Å². The number of rotatable bonds is 2. The molecule has 1 aromatic carbocycles. The average Bonchev–Trinajstić information content (AvgIpc) is 2.42. The van der Waals surface area contributed by atoms with Gasteiger partial charge in [-0.1, -0.05) is 12.1 Å². The summed E-state index contributed by atoms with van der Waals surface area (Å²) in [7, 11) is 1.30. The van der Waals surface area contributed by atoms with Crippen LogP contribution in [0.3, 0.4) is 0 Å². The largest absolute Gasteiger partial charge is 0.481 e. The summed E-state index contributed by atoms with van der Waals surface area (Å²) in [5, 5.41) is 18.9. The SMILES string of the molecule is CN1C(=O)C(O)(CC(=O)O)c2cccc(F)c21. The zero-order valence-corrected chi connectivity index (χ0v) is 8.98. The fourth-order valence-corrected chi connectivity index (χ4v) is 2.07. The molecule has 6 heteroatoms. The van der Waals surface area contributed by atoms with E-state index in [1.54, 1.807) is 0 Å². The highest BCUT2D eigenvalue weighted by atomic mass is 19.1. The van der Waals surface area contributed by atoms with Crippen LogP contribution >= 0.6 is 0 Å². The number of para-hydroxylation sites is 1. The molecular weight excluding hydrogens is 229 g/mol. The number of carbonyl (C=O) groups excluding carboxylic acids is 1. The Bertz CT molecular complexity index is 516. The Balaban J connectivity index is 2.63. The fraction of sp³-hybridized carbons (Fsp3) is 0.273. The minimum Gasteiger partial charge on any atom is -0.481 e. The van der Waals surface area contributed by atoms with Crippen LogP contribution in [0.25, 0.3) is 0 Å². The van der Waals surface area contributed by atoms with Crippen molar-refractivity contribution >= 4 is 17.6 Å². The van der Waals surface area contributed by atoms with Crippen molar-refractivity contribution in [3.05, 3.63) is 29.6 Å². The normalized spacial score (nSPS) is 22.8. The lowest BCUT2D eigenvalue weighted by molar-refractivity contribution is -0.150. The molecule has 0 bridgehead atoms. The molecule has 90 valence electrons. The van der Waals surface area contributed by atoms with E-state index in [2.05, 4.69) is 0 Å². The zero-order chi connectivity index (χ0) is 12.8. The van der Waals surface area contributed by atoms with Gasteiger partial charge in [0.15, 0.2) is 5.60 Å². The van der Waals surface area contributed by atoms with Crippen LogP contribution in [-0.4, -0.2) is 29.1 Å². The minimum atomic E-state index is -2.18. The Kier molecular flexibility index (Phi) is 2.39. The van der Waals surface area contributed by atoms with Gasteiger partial charge in [0.2, 0.25) is 0 Å². The van der Waals surface area contributed by atoms with E-state index < -0.39 is 29.7 Å². The molecule has 2 rings (SSSR count). The van der Waals surface area contributed by atoms with Crippen molar-refractivity contribution in [3.8, 4) is 0 Å². The van der Waals surface area contributed by atoms with Crippen LogP contribution in [0.5, 0.6) is 0 Å². The van der Waals surface area contributed by atoms with Crippen molar-refractivity contribution in [2.45, 2.75) is 12.0 Å². The van der Waals surface area contributed by atoms with Crippen LogP contribution < -0.4 is 4.90 Å². The maximum Gasteiger partial charge on any atom is 0.307 e. The Morgan fingerprint density at radius 2 is 2.18 bits per heavy atom. The number of likely N-dealkylation sites (N-methyl/N-ethyl adjacent to an activating group) is 1. The Labute approximate surface area is 96.1 Å². The maximum atomic E-state index is 13.5. The van der Waals surface area contributed by atoms with Crippen LogP contribution in [0.1, 0.15) is 12.0 Å². The first-order chi connectivity index (χ1) is 7.88. The van der Waals surface area contributed by atoms with Crippen LogP contribution in [-0.2, 0) is 15.2 Å². The molecule has 0 aliphatic carbocycles. The number of hydrogen-bond acceptors (Lipinski definition) is 3. The zero-order valence-electron chi connectivity index (χ0n) is 8.98. The highest BCUT2D eigenvalue weighted by Crippen LogP contribution is 2.42. The maximum absolute atomic E-state index is 13.5. The molecule has 1 unspecified atom stereocenters. The second kappa shape index (κ2) is 3.53. The van der Waals surface area contributed by atoms with E-state index in [4.69, 9.17) is 5.11 Å². The first-order valence-corrected chi connectivity index (χ1v) is 4.89. The number of carboxylic acid groups (broad SMARTS) is 1. The summed E-state index contributed by atoms with van der Waals surface area (Å²) in [6.45, 7) is 0. The second-order valence-electron chi connectivity index (χ2n) is 3.93. The average molecular weight is 239 g/mol. The lowest BCUT2D eigenvalue weighted by atomic mass is 9.92. The summed E-state index contributed by atoms with van der Waals surface area (Å²) < 4.78 is 13.5. The second-order valence-corrected chi connectivity index (χ2v) is 3.93. The predicted octanol–water partition coefficient (Wildman–Crippen LogP) is 0.464. The molecule has 1 heterocycles. The Morgan fingerprint density at radius 1 is 1.53 bits per heavy atom. The van der Waals surface area contributed by atoms with E-state index in [9.17, 15) is 19.1 Å². The van der Waals surface area contributed by atoms with E-state index in [0.29, 0.717) is 0 Å². The fourth-order valence-electron chi connectivity index (χ4n) is 2.07. The van der Waals surface area contributed by atoms with Crippen molar-refractivity contribution < 1.29 is 24.2 Å². The van der Waals surface area contributed by atoms with Gasteiger partial charge in [-0.05, 0) is 6.07 Å². The first kappa shape index (κ1) is 11.5. The van der Waals surface area contributed by atoms with Gasteiger partial charge in [-0.2, -0.15) is 0 Å². The van der Waals surface area contributed by atoms with Crippen LogP contribution in [0.15, 0.2) is 18.2 Å². The number of hydrogen-bond donors (Lipinski definition) is 2. The number of carbonyl (C=O) groups is 2. The van der Waals surface area contributed by atoms with Gasteiger partial charge in [-0.3, -0.25) is 9.59 Å². The summed E-state index contributed by atoms with van der Waals surface area (Å²) in [5.74, 6) is -2.83. The molecule has 0 fully saturated rings. The van der Waals surface area contributed by atoms with E-state index in [1.165, 1.54) is 19.2 Å². The van der Waals surface area contributed by atoms with E-state index in [0.717, 1.165) is 11.0 Å². The molecule has 1 aliphatic rings. The smallest absolute Gasteiger partial charge is 0.307 e. The summed E-state index contributed by atoms with van der Waals surface area (Å²) in [4.78, 5) is 23.4. The molecule has 2 N–H and O–H groups in total. The van der Waals surface area contributed by atoms with Gasteiger partial charge in [0.05, 0.1) is 12.1 Å². The number of aliphatic hydroxyl groups is 1. The van der Waals surface area contributed by atoms with Crippen LogP contribution in [0.2, 0.25) is 0 Å². The summed E-state index contributed by atoms with van der Waals surface area (Å²) in [6, 6.07) is 3.82. The number of halogens is 1. The summed E-state index contributed by atoms with van der Waals surface area (Å²) in [6.07, 6.45) is -0.785. The van der Waals surface area contributed by atoms with Gasteiger partial charge in [0.1, 0.15) is 5.82 Å². The molecule has 0 saturated carbocycles. The number of fused-ring (bicyclic) bond motifs is 1. The predicted molar refractivity (Wildman–Crippen MR) is 56.0 cm³/mol. The van der Waals surface area contributed by atoms with Gasteiger partial charge < -0.3 is 15.1 Å². The minimum absolute atomic E-state index is 0.00704. The summed E-state index contributed by atoms with van der Waals surface area (Å²) >= 11 is 0. The number of aliphatic carboxylic acids is 1. The molecular formula is C11H10FNO4. The number of benzene rings is 1. The van der Waals surface area contributed by atoms with E-state index in [-0.39, 0.29) is 11.3 Å². The van der Waals surface area contributed by atoms with E-state index in [1.807, 2.05) is 0 Å². The number of carboxylic acids is 1. The van der Waals surface area contributed by atoms with Gasteiger partial charge in [-0.25, -0.2) is 4.39 Å². The van der Waals surface area contributed by atoms with Crippen LogP contribution in [0, 0.1) is 5.82 Å². The molecule has 0 radical (unpaired) electrons. The lowest BCUT2D eigenvalue weighted by Crippen LogP contribution is -2.40. The first-order valence-electron chi connectivity index (χ1n) is 4.89. The number of nitrogens with zero attached hydrogens (tertiary/aromatic N) is 1. The van der Waals surface area contributed by atoms with Gasteiger partial charge >= 0.3 is 5.97 Å². The molecule has 5 nitrogen and oxygen atoms in total. The monoisotopic (exact) mass is 239 g/mol. The number of anilines is 1. The lowest BCUT2D eigenvalue weighted by Gasteiger charge is -2.19. The molecule has 0 aromatic heterocycles.